The van der Waals surface area contributed by atoms with Crippen LogP contribution >= 0.6 is 0 Å². The fraction of sp³-hybridized carbons (Fsp3) is 0.391. The molecule has 1 aliphatic rings. The number of hydrogen-bond acceptors (Lipinski definition) is 5. The second-order valence-electron chi connectivity index (χ2n) is 8.38. The van der Waals surface area contributed by atoms with Crippen LogP contribution in [0.25, 0.3) is 0 Å². The van der Waals surface area contributed by atoms with E-state index in [1.165, 1.54) is 0 Å². The number of hydrogen-bond donors (Lipinski definition) is 0. The number of rotatable bonds is 6. The Bertz CT molecular complexity index is 955. The SMILES string of the molecule is CC1(C)CC(N(Cc2ccccc2)C(=O)c2ccc(Cn3cnnn3)cc2)CCO1. The fourth-order valence-corrected chi connectivity index (χ4v) is 3.97. The molecule has 1 aliphatic heterocycles. The highest BCUT2D eigenvalue weighted by atomic mass is 16.5. The number of carbonyl (C=O) groups excluding carboxylic acids is 1. The number of tetrazole rings is 1. The average molecular weight is 406 g/mol. The normalized spacial score (nSPS) is 18.1. The summed E-state index contributed by atoms with van der Waals surface area (Å²) in [6, 6.07) is 18.0. The Balaban J connectivity index is 1.55. The zero-order chi connectivity index (χ0) is 21.0. The maximum atomic E-state index is 13.5. The minimum Gasteiger partial charge on any atom is -0.375 e. The third kappa shape index (κ3) is 4.91. The van der Waals surface area contributed by atoms with Gasteiger partial charge in [0, 0.05) is 24.8 Å². The summed E-state index contributed by atoms with van der Waals surface area (Å²) in [7, 11) is 0. The van der Waals surface area contributed by atoms with E-state index in [9.17, 15) is 4.79 Å². The van der Waals surface area contributed by atoms with Crippen molar-refractivity contribution < 1.29 is 9.53 Å². The minimum absolute atomic E-state index is 0.0514. The van der Waals surface area contributed by atoms with Gasteiger partial charge < -0.3 is 9.64 Å². The van der Waals surface area contributed by atoms with Gasteiger partial charge >= 0.3 is 0 Å². The molecule has 0 spiro atoms. The van der Waals surface area contributed by atoms with Crippen molar-refractivity contribution >= 4 is 5.91 Å². The topological polar surface area (TPSA) is 73.1 Å². The van der Waals surface area contributed by atoms with Gasteiger partial charge in [0.1, 0.15) is 6.33 Å². The van der Waals surface area contributed by atoms with Crippen LogP contribution in [-0.2, 0) is 17.8 Å². The first-order valence-electron chi connectivity index (χ1n) is 10.3. The summed E-state index contributed by atoms with van der Waals surface area (Å²) < 4.78 is 7.55. The molecule has 7 nitrogen and oxygen atoms in total. The number of aromatic nitrogens is 4. The molecular formula is C23H27N5O2. The molecule has 156 valence electrons. The van der Waals surface area contributed by atoms with E-state index in [0.29, 0.717) is 25.3 Å². The molecule has 1 amide bonds. The quantitative estimate of drug-likeness (QED) is 0.629. The molecule has 1 fully saturated rings. The van der Waals surface area contributed by atoms with E-state index in [4.69, 9.17) is 4.74 Å². The highest BCUT2D eigenvalue weighted by Gasteiger charge is 2.34. The molecule has 1 aromatic heterocycles. The lowest BCUT2D eigenvalue weighted by Gasteiger charge is -2.41. The van der Waals surface area contributed by atoms with Gasteiger partial charge in [0.05, 0.1) is 12.1 Å². The number of nitrogens with zero attached hydrogens (tertiary/aromatic N) is 5. The third-order valence-electron chi connectivity index (χ3n) is 5.51. The molecule has 2 heterocycles. The Morgan fingerprint density at radius 3 is 2.57 bits per heavy atom. The maximum absolute atomic E-state index is 13.5. The fourth-order valence-electron chi connectivity index (χ4n) is 3.97. The van der Waals surface area contributed by atoms with Crippen LogP contribution in [0.3, 0.4) is 0 Å². The van der Waals surface area contributed by atoms with Gasteiger partial charge in [0.25, 0.3) is 5.91 Å². The first-order valence-corrected chi connectivity index (χ1v) is 10.3. The van der Waals surface area contributed by atoms with Crippen molar-refractivity contribution in [3.63, 3.8) is 0 Å². The summed E-state index contributed by atoms with van der Waals surface area (Å²) in [4.78, 5) is 15.5. The van der Waals surface area contributed by atoms with Crippen molar-refractivity contribution in [3.8, 4) is 0 Å². The van der Waals surface area contributed by atoms with E-state index in [-0.39, 0.29) is 17.6 Å². The van der Waals surface area contributed by atoms with Crippen molar-refractivity contribution in [2.75, 3.05) is 6.61 Å². The van der Waals surface area contributed by atoms with Crippen LogP contribution in [0.4, 0.5) is 0 Å². The lowest BCUT2D eigenvalue weighted by atomic mass is 9.92. The number of benzene rings is 2. The zero-order valence-corrected chi connectivity index (χ0v) is 17.4. The van der Waals surface area contributed by atoms with Crippen LogP contribution in [0.15, 0.2) is 60.9 Å². The molecule has 0 aliphatic carbocycles. The molecular weight excluding hydrogens is 378 g/mol. The summed E-state index contributed by atoms with van der Waals surface area (Å²) >= 11 is 0. The molecule has 1 atom stereocenters. The second kappa shape index (κ2) is 8.75. The highest BCUT2D eigenvalue weighted by Crippen LogP contribution is 2.29. The third-order valence-corrected chi connectivity index (χ3v) is 5.51. The van der Waals surface area contributed by atoms with E-state index in [1.54, 1.807) is 11.0 Å². The lowest BCUT2D eigenvalue weighted by molar-refractivity contribution is -0.0792. The number of amides is 1. The molecule has 0 radical (unpaired) electrons. The van der Waals surface area contributed by atoms with Gasteiger partial charge in [-0.05, 0) is 60.4 Å². The van der Waals surface area contributed by atoms with Crippen LogP contribution in [0.5, 0.6) is 0 Å². The second-order valence-corrected chi connectivity index (χ2v) is 8.38. The Morgan fingerprint density at radius 1 is 1.13 bits per heavy atom. The zero-order valence-electron chi connectivity index (χ0n) is 17.4. The minimum atomic E-state index is -0.228. The Hall–Kier alpha value is -3.06. The monoisotopic (exact) mass is 405 g/mol. The molecule has 3 aromatic rings. The van der Waals surface area contributed by atoms with Gasteiger partial charge in [-0.3, -0.25) is 4.79 Å². The van der Waals surface area contributed by atoms with Crippen LogP contribution in [0.2, 0.25) is 0 Å². The number of carbonyl (C=O) groups is 1. The van der Waals surface area contributed by atoms with Crippen molar-refractivity contribution in [2.45, 2.75) is 51.4 Å². The predicted octanol–water partition coefficient (Wildman–Crippen LogP) is 3.32. The molecule has 4 rings (SSSR count). The van der Waals surface area contributed by atoms with Crippen LogP contribution in [0, 0.1) is 0 Å². The lowest BCUT2D eigenvalue weighted by Crippen LogP contribution is -2.48. The van der Waals surface area contributed by atoms with E-state index in [1.807, 2.05) is 47.4 Å². The largest absolute Gasteiger partial charge is 0.375 e. The van der Waals surface area contributed by atoms with E-state index < -0.39 is 0 Å². The molecule has 1 saturated heterocycles. The summed E-state index contributed by atoms with van der Waals surface area (Å²) in [6.07, 6.45) is 3.25. The Labute approximate surface area is 176 Å². The van der Waals surface area contributed by atoms with Crippen molar-refractivity contribution in [1.29, 1.82) is 0 Å². The summed E-state index contributed by atoms with van der Waals surface area (Å²) in [5.74, 6) is 0.0514. The van der Waals surface area contributed by atoms with Gasteiger partial charge in [-0.2, -0.15) is 0 Å². The maximum Gasteiger partial charge on any atom is 0.254 e. The van der Waals surface area contributed by atoms with Crippen LogP contribution in [0.1, 0.15) is 48.2 Å². The van der Waals surface area contributed by atoms with E-state index in [2.05, 4.69) is 41.5 Å². The standard InChI is InChI=1S/C23H27N5O2/c1-23(2)14-21(12-13-30-23)28(16-18-6-4-3-5-7-18)22(29)20-10-8-19(9-11-20)15-27-17-24-25-26-27/h3-11,17,21H,12-16H2,1-2H3. The van der Waals surface area contributed by atoms with Gasteiger partial charge in [-0.25, -0.2) is 4.68 Å². The highest BCUT2D eigenvalue weighted by molar-refractivity contribution is 5.94. The Morgan fingerprint density at radius 2 is 1.90 bits per heavy atom. The summed E-state index contributed by atoms with van der Waals surface area (Å²) in [6.45, 7) is 6.02. The van der Waals surface area contributed by atoms with Crippen LogP contribution < -0.4 is 0 Å². The predicted molar refractivity (Wildman–Crippen MR) is 113 cm³/mol. The Kier molecular flexibility index (Phi) is 5.90. The van der Waals surface area contributed by atoms with Gasteiger partial charge in [0.15, 0.2) is 0 Å². The molecule has 2 aromatic carbocycles. The molecule has 1 unspecified atom stereocenters. The average Bonchev–Trinajstić information content (AvgIpc) is 3.25. The summed E-state index contributed by atoms with van der Waals surface area (Å²) in [5, 5.41) is 11.2. The van der Waals surface area contributed by atoms with Gasteiger partial charge in [-0.1, -0.05) is 42.5 Å². The summed E-state index contributed by atoms with van der Waals surface area (Å²) in [5.41, 5.74) is 2.63. The van der Waals surface area contributed by atoms with E-state index >= 15 is 0 Å². The molecule has 0 saturated carbocycles. The van der Waals surface area contributed by atoms with Crippen molar-refractivity contribution in [3.05, 3.63) is 77.6 Å². The smallest absolute Gasteiger partial charge is 0.254 e. The first kappa shape index (κ1) is 20.2. The van der Waals surface area contributed by atoms with Crippen molar-refractivity contribution in [2.24, 2.45) is 0 Å². The van der Waals surface area contributed by atoms with Crippen LogP contribution in [-0.4, -0.2) is 49.3 Å². The van der Waals surface area contributed by atoms with Crippen molar-refractivity contribution in [1.82, 2.24) is 25.1 Å². The first-order chi connectivity index (χ1) is 14.5. The molecule has 7 heteroatoms. The number of ether oxygens (including phenoxy) is 1. The van der Waals surface area contributed by atoms with Gasteiger partial charge in [0.2, 0.25) is 0 Å². The molecule has 30 heavy (non-hydrogen) atoms. The molecule has 0 bridgehead atoms. The van der Waals surface area contributed by atoms with E-state index in [0.717, 1.165) is 24.0 Å². The molecule has 0 N–H and O–H groups in total. The van der Waals surface area contributed by atoms with Gasteiger partial charge in [-0.15, -0.1) is 5.10 Å².